The predicted octanol–water partition coefficient (Wildman–Crippen LogP) is 2.74. The fraction of sp³-hybridized carbons (Fsp3) is 0.263. The summed E-state index contributed by atoms with van der Waals surface area (Å²) in [5.74, 6) is -0.949. The second-order valence-corrected chi connectivity index (χ2v) is 5.83. The second kappa shape index (κ2) is 7.17. The zero-order chi connectivity index (χ0) is 16.9. The van der Waals surface area contributed by atoms with Crippen molar-refractivity contribution in [2.24, 2.45) is 5.92 Å². The van der Waals surface area contributed by atoms with E-state index in [9.17, 15) is 9.59 Å². The van der Waals surface area contributed by atoms with E-state index < -0.39 is 18.0 Å². The fourth-order valence-corrected chi connectivity index (χ4v) is 2.85. The lowest BCUT2D eigenvalue weighted by atomic mass is 10.1. The van der Waals surface area contributed by atoms with E-state index in [1.165, 1.54) is 0 Å². The van der Waals surface area contributed by atoms with Gasteiger partial charge in [0.15, 0.2) is 0 Å². The van der Waals surface area contributed by atoms with Gasteiger partial charge < -0.3 is 14.7 Å². The Bertz CT molecular complexity index is 702. The molecule has 0 aromatic heterocycles. The van der Waals surface area contributed by atoms with Crippen LogP contribution in [0.5, 0.6) is 5.75 Å². The Balaban J connectivity index is 1.82. The monoisotopic (exact) mass is 325 g/mol. The smallest absolute Gasteiger partial charge is 0.308 e. The van der Waals surface area contributed by atoms with E-state index in [1.54, 1.807) is 17.0 Å². The summed E-state index contributed by atoms with van der Waals surface area (Å²) in [6.45, 7) is 0.674. The van der Waals surface area contributed by atoms with Crippen LogP contribution in [0.1, 0.15) is 18.1 Å². The molecule has 5 nitrogen and oxygen atoms in total. The number of ether oxygens (including phenoxy) is 1. The molecule has 2 aromatic carbocycles. The molecule has 0 radical (unpaired) electrons. The number of aliphatic carboxylic acids is 1. The highest BCUT2D eigenvalue weighted by molar-refractivity contribution is 5.84. The van der Waals surface area contributed by atoms with Crippen LogP contribution < -0.4 is 4.74 Å². The van der Waals surface area contributed by atoms with Gasteiger partial charge in [0.05, 0.1) is 5.92 Å². The van der Waals surface area contributed by atoms with E-state index in [1.807, 2.05) is 48.5 Å². The number of hydrogen-bond acceptors (Lipinski definition) is 3. The van der Waals surface area contributed by atoms with Crippen LogP contribution in [0.25, 0.3) is 0 Å². The lowest BCUT2D eigenvalue weighted by molar-refractivity contribution is -0.142. The molecular weight excluding hydrogens is 306 g/mol. The highest BCUT2D eigenvalue weighted by atomic mass is 16.5. The minimum atomic E-state index is -0.856. The van der Waals surface area contributed by atoms with E-state index >= 15 is 0 Å². The van der Waals surface area contributed by atoms with Crippen LogP contribution in [-0.4, -0.2) is 35.0 Å². The Hall–Kier alpha value is -2.82. The summed E-state index contributed by atoms with van der Waals surface area (Å²) < 4.78 is 5.93. The van der Waals surface area contributed by atoms with Gasteiger partial charge in [0.25, 0.3) is 5.91 Å². The van der Waals surface area contributed by atoms with Gasteiger partial charge in [0.2, 0.25) is 6.10 Å². The Morgan fingerprint density at radius 2 is 1.67 bits per heavy atom. The van der Waals surface area contributed by atoms with Crippen molar-refractivity contribution in [1.29, 1.82) is 0 Å². The molecule has 1 saturated heterocycles. The van der Waals surface area contributed by atoms with Crippen LogP contribution in [-0.2, 0) is 9.59 Å². The Morgan fingerprint density at radius 3 is 2.25 bits per heavy atom. The maximum Gasteiger partial charge on any atom is 0.308 e. The van der Waals surface area contributed by atoms with E-state index in [0.29, 0.717) is 18.7 Å². The van der Waals surface area contributed by atoms with Crippen molar-refractivity contribution < 1.29 is 19.4 Å². The molecule has 1 aliphatic rings. The number of carbonyl (C=O) groups is 2. The highest BCUT2D eigenvalue weighted by Crippen LogP contribution is 2.27. The first kappa shape index (κ1) is 16.1. The third kappa shape index (κ3) is 3.56. The quantitative estimate of drug-likeness (QED) is 0.918. The van der Waals surface area contributed by atoms with Crippen molar-refractivity contribution in [2.45, 2.75) is 12.5 Å². The standard InChI is InChI=1S/C19H19NO4/c21-18(20-12-11-15(13-20)19(22)23)17(14-7-3-1-4-8-14)24-16-9-5-2-6-10-16/h1-10,15,17H,11-13H2,(H,22,23). The molecule has 1 N–H and O–H groups in total. The van der Waals surface area contributed by atoms with Crippen molar-refractivity contribution in [3.8, 4) is 5.75 Å². The predicted molar refractivity (Wildman–Crippen MR) is 88.6 cm³/mol. The van der Waals surface area contributed by atoms with Crippen LogP contribution in [0.3, 0.4) is 0 Å². The summed E-state index contributed by atoms with van der Waals surface area (Å²) in [6.07, 6.45) is -0.297. The maximum absolute atomic E-state index is 12.9. The van der Waals surface area contributed by atoms with E-state index in [2.05, 4.69) is 0 Å². The first-order valence-corrected chi connectivity index (χ1v) is 7.93. The first-order valence-electron chi connectivity index (χ1n) is 7.93. The molecule has 24 heavy (non-hydrogen) atoms. The van der Waals surface area contributed by atoms with Crippen molar-refractivity contribution in [1.82, 2.24) is 4.90 Å². The minimum Gasteiger partial charge on any atom is -0.481 e. The molecule has 5 heteroatoms. The molecule has 0 spiro atoms. The molecule has 1 amide bonds. The number of carboxylic acids is 1. The van der Waals surface area contributed by atoms with Gasteiger partial charge in [-0.2, -0.15) is 0 Å². The average Bonchev–Trinajstić information content (AvgIpc) is 3.11. The number of para-hydroxylation sites is 1. The van der Waals surface area contributed by atoms with Gasteiger partial charge in [-0.1, -0.05) is 48.5 Å². The molecule has 2 aromatic rings. The van der Waals surface area contributed by atoms with Crippen LogP contribution in [0, 0.1) is 5.92 Å². The van der Waals surface area contributed by atoms with Gasteiger partial charge in [0, 0.05) is 18.7 Å². The number of nitrogens with zero attached hydrogens (tertiary/aromatic N) is 1. The van der Waals surface area contributed by atoms with Crippen molar-refractivity contribution in [2.75, 3.05) is 13.1 Å². The molecule has 1 aliphatic heterocycles. The number of carboxylic acid groups (broad SMARTS) is 1. The summed E-state index contributed by atoms with van der Waals surface area (Å²) in [5, 5.41) is 9.13. The molecule has 1 fully saturated rings. The van der Waals surface area contributed by atoms with E-state index in [-0.39, 0.29) is 12.5 Å². The van der Waals surface area contributed by atoms with Gasteiger partial charge in [-0.3, -0.25) is 9.59 Å². The second-order valence-electron chi connectivity index (χ2n) is 5.83. The third-order valence-corrected chi connectivity index (χ3v) is 4.17. The highest BCUT2D eigenvalue weighted by Gasteiger charge is 2.35. The number of benzene rings is 2. The minimum absolute atomic E-state index is 0.200. The molecule has 0 aliphatic carbocycles. The normalized spacial score (nSPS) is 18.2. The average molecular weight is 325 g/mol. The summed E-state index contributed by atoms with van der Waals surface area (Å²) >= 11 is 0. The lowest BCUT2D eigenvalue weighted by Gasteiger charge is -2.24. The van der Waals surface area contributed by atoms with Gasteiger partial charge in [0.1, 0.15) is 5.75 Å². The van der Waals surface area contributed by atoms with Crippen LogP contribution in [0.4, 0.5) is 0 Å². The topological polar surface area (TPSA) is 66.8 Å². The number of amides is 1. The molecule has 0 saturated carbocycles. The number of rotatable bonds is 5. The fourth-order valence-electron chi connectivity index (χ4n) is 2.85. The van der Waals surface area contributed by atoms with E-state index in [4.69, 9.17) is 9.84 Å². The summed E-state index contributed by atoms with van der Waals surface area (Å²) in [7, 11) is 0. The molecule has 1 heterocycles. The summed E-state index contributed by atoms with van der Waals surface area (Å²) in [6, 6.07) is 18.4. The molecule has 124 valence electrons. The van der Waals surface area contributed by atoms with Crippen molar-refractivity contribution >= 4 is 11.9 Å². The zero-order valence-electron chi connectivity index (χ0n) is 13.2. The maximum atomic E-state index is 12.9. The van der Waals surface area contributed by atoms with Gasteiger partial charge >= 0.3 is 5.97 Å². The van der Waals surface area contributed by atoms with E-state index in [0.717, 1.165) is 5.56 Å². The van der Waals surface area contributed by atoms with Crippen LogP contribution in [0.15, 0.2) is 60.7 Å². The Kier molecular flexibility index (Phi) is 4.79. The Labute approximate surface area is 140 Å². The van der Waals surface area contributed by atoms with Gasteiger partial charge in [-0.25, -0.2) is 0 Å². The van der Waals surface area contributed by atoms with Gasteiger partial charge in [-0.05, 0) is 18.6 Å². The number of likely N-dealkylation sites (tertiary alicyclic amines) is 1. The summed E-state index contributed by atoms with van der Waals surface area (Å²) in [4.78, 5) is 25.6. The number of carbonyl (C=O) groups excluding carboxylic acids is 1. The largest absolute Gasteiger partial charge is 0.481 e. The SMILES string of the molecule is O=C(O)C1CCN(C(=O)C(Oc2ccccc2)c2ccccc2)C1. The first-order chi connectivity index (χ1) is 11.6. The number of hydrogen-bond donors (Lipinski definition) is 1. The van der Waals surface area contributed by atoms with Crippen LogP contribution in [0.2, 0.25) is 0 Å². The lowest BCUT2D eigenvalue weighted by Crippen LogP contribution is -2.36. The molecule has 0 bridgehead atoms. The molecular formula is C19H19NO4. The van der Waals surface area contributed by atoms with Crippen molar-refractivity contribution in [3.63, 3.8) is 0 Å². The third-order valence-electron chi connectivity index (χ3n) is 4.17. The summed E-state index contributed by atoms with van der Waals surface area (Å²) in [5.41, 5.74) is 0.755. The Morgan fingerprint density at radius 1 is 1.04 bits per heavy atom. The molecule has 2 atom stereocenters. The molecule has 3 rings (SSSR count). The van der Waals surface area contributed by atoms with Crippen molar-refractivity contribution in [3.05, 3.63) is 66.2 Å². The molecule has 2 unspecified atom stereocenters. The zero-order valence-corrected chi connectivity index (χ0v) is 13.2. The van der Waals surface area contributed by atoms with Crippen LogP contribution >= 0.6 is 0 Å². The van der Waals surface area contributed by atoms with Gasteiger partial charge in [-0.15, -0.1) is 0 Å².